The minimum atomic E-state index is -2.35. The molecule has 0 fully saturated rings. The topological polar surface area (TPSA) is 28.2 Å². The van der Waals surface area contributed by atoms with Crippen molar-refractivity contribution < 1.29 is 8.78 Å². The summed E-state index contributed by atoms with van der Waals surface area (Å²) in [5.74, 6) is 0. The van der Waals surface area contributed by atoms with Gasteiger partial charge in [-0.05, 0) is 20.8 Å². The van der Waals surface area contributed by atoms with Crippen LogP contribution < -0.4 is 10.2 Å². The summed E-state index contributed by atoms with van der Waals surface area (Å²) < 4.78 is 25.1. The first-order valence-corrected chi connectivity index (χ1v) is 7.96. The number of halogens is 2. The van der Waals surface area contributed by atoms with Gasteiger partial charge in [0.25, 0.3) is 6.43 Å². The maximum atomic E-state index is 12.5. The highest BCUT2D eigenvalue weighted by molar-refractivity contribution is 7.15. The minimum absolute atomic E-state index is 0.00812. The Labute approximate surface area is 130 Å². The van der Waals surface area contributed by atoms with Gasteiger partial charge in [0.05, 0.1) is 12.2 Å². The van der Waals surface area contributed by atoms with E-state index < -0.39 is 6.43 Å². The molecule has 0 bridgehead atoms. The van der Waals surface area contributed by atoms with E-state index in [0.717, 1.165) is 10.6 Å². The number of nitrogens with zero attached hydrogens (tertiary/aromatic N) is 2. The molecule has 1 N–H and O–H groups in total. The van der Waals surface area contributed by atoms with E-state index in [4.69, 9.17) is 0 Å². The monoisotopic (exact) mass is 319 g/mol. The third-order valence-corrected chi connectivity index (χ3v) is 4.08. The predicted octanol–water partition coefficient (Wildman–Crippen LogP) is 4.03. The zero-order valence-corrected chi connectivity index (χ0v) is 14.9. The van der Waals surface area contributed by atoms with Crippen LogP contribution in [0.3, 0.4) is 0 Å². The number of anilines is 1. The predicted molar refractivity (Wildman–Crippen MR) is 86.7 cm³/mol. The number of nitrogens with one attached hydrogen (secondary N) is 1. The van der Waals surface area contributed by atoms with Gasteiger partial charge in [-0.3, -0.25) is 0 Å². The molecule has 0 spiro atoms. The molecule has 0 aliphatic rings. The first-order chi connectivity index (χ1) is 9.40. The van der Waals surface area contributed by atoms with Crippen LogP contribution in [0.15, 0.2) is 0 Å². The van der Waals surface area contributed by atoms with Crippen molar-refractivity contribution >= 4 is 16.5 Å². The normalized spacial score (nSPS) is 13.0. The van der Waals surface area contributed by atoms with Crippen LogP contribution in [0.1, 0.15) is 52.1 Å². The average Bonchev–Trinajstić information content (AvgIpc) is 2.68. The Kier molecular flexibility index (Phi) is 5.72. The minimum Gasteiger partial charge on any atom is -0.345 e. The van der Waals surface area contributed by atoms with Crippen molar-refractivity contribution in [3.05, 3.63) is 10.6 Å². The molecule has 0 aromatic carbocycles. The summed E-state index contributed by atoms with van der Waals surface area (Å²) in [6.45, 7) is 13.0. The van der Waals surface area contributed by atoms with Crippen molar-refractivity contribution in [1.82, 2.24) is 10.3 Å². The molecule has 0 unspecified atom stereocenters. The van der Waals surface area contributed by atoms with Gasteiger partial charge in [0.15, 0.2) is 5.13 Å². The number of hydrogen-bond donors (Lipinski definition) is 1. The summed E-state index contributed by atoms with van der Waals surface area (Å²) in [5.41, 5.74) is 0.893. The molecule has 0 atom stereocenters. The van der Waals surface area contributed by atoms with Crippen molar-refractivity contribution in [2.24, 2.45) is 0 Å². The largest absolute Gasteiger partial charge is 0.345 e. The SMILES string of the molecule is CN(CC(F)F)c1nc(C(C)(C)C)c(CNC(C)(C)C)s1. The zero-order valence-electron chi connectivity index (χ0n) is 14.1. The second-order valence-corrected chi connectivity index (χ2v) is 8.46. The fourth-order valence-corrected chi connectivity index (χ4v) is 3.02. The van der Waals surface area contributed by atoms with E-state index in [1.54, 1.807) is 7.05 Å². The standard InChI is InChI=1S/C15H27F2N3S/c1-14(2,3)12-10(8-18-15(4,5)6)21-13(19-12)20(7)9-11(16)17/h11,18H,8-9H2,1-7H3. The van der Waals surface area contributed by atoms with E-state index in [2.05, 4.69) is 51.8 Å². The van der Waals surface area contributed by atoms with Gasteiger partial charge in [0, 0.05) is 29.4 Å². The zero-order chi connectivity index (χ0) is 16.4. The Morgan fingerprint density at radius 3 is 2.19 bits per heavy atom. The lowest BCUT2D eigenvalue weighted by Gasteiger charge is -2.22. The second-order valence-electron chi connectivity index (χ2n) is 7.39. The lowest BCUT2D eigenvalue weighted by Crippen LogP contribution is -2.35. The molecule has 0 saturated carbocycles. The molecule has 21 heavy (non-hydrogen) atoms. The van der Waals surface area contributed by atoms with Crippen molar-refractivity contribution in [2.75, 3.05) is 18.5 Å². The van der Waals surface area contributed by atoms with Crippen LogP contribution in [0.2, 0.25) is 0 Å². The van der Waals surface area contributed by atoms with Gasteiger partial charge in [0.2, 0.25) is 0 Å². The number of thiazole rings is 1. The molecule has 3 nitrogen and oxygen atoms in total. The fraction of sp³-hybridized carbons (Fsp3) is 0.800. The highest BCUT2D eigenvalue weighted by atomic mass is 32.1. The summed E-state index contributed by atoms with van der Waals surface area (Å²) in [5, 5.41) is 4.11. The molecular weight excluding hydrogens is 292 g/mol. The van der Waals surface area contributed by atoms with Crippen LogP contribution in [-0.4, -0.2) is 30.5 Å². The molecule has 0 aliphatic heterocycles. The number of rotatable bonds is 5. The van der Waals surface area contributed by atoms with E-state index in [-0.39, 0.29) is 17.5 Å². The maximum absolute atomic E-state index is 12.5. The molecule has 0 saturated heterocycles. The second kappa shape index (κ2) is 6.57. The molecule has 1 aromatic rings. The Morgan fingerprint density at radius 2 is 1.76 bits per heavy atom. The van der Waals surface area contributed by atoms with E-state index >= 15 is 0 Å². The Bertz CT molecular complexity index is 458. The van der Waals surface area contributed by atoms with E-state index in [9.17, 15) is 8.78 Å². The number of hydrogen-bond acceptors (Lipinski definition) is 4. The van der Waals surface area contributed by atoms with Crippen LogP contribution >= 0.6 is 11.3 Å². The molecule has 122 valence electrons. The number of aromatic nitrogens is 1. The molecule has 0 aliphatic carbocycles. The maximum Gasteiger partial charge on any atom is 0.255 e. The highest BCUT2D eigenvalue weighted by Gasteiger charge is 2.25. The lowest BCUT2D eigenvalue weighted by molar-refractivity contribution is 0.156. The molecule has 1 aromatic heterocycles. The highest BCUT2D eigenvalue weighted by Crippen LogP contribution is 2.33. The smallest absolute Gasteiger partial charge is 0.255 e. The van der Waals surface area contributed by atoms with Crippen LogP contribution in [0, 0.1) is 0 Å². The lowest BCUT2D eigenvalue weighted by atomic mass is 9.91. The Morgan fingerprint density at radius 1 is 1.19 bits per heavy atom. The molecule has 1 heterocycles. The van der Waals surface area contributed by atoms with Gasteiger partial charge in [-0.25, -0.2) is 13.8 Å². The van der Waals surface area contributed by atoms with E-state index in [0.29, 0.717) is 11.7 Å². The van der Waals surface area contributed by atoms with Gasteiger partial charge in [-0.2, -0.15) is 0 Å². The van der Waals surface area contributed by atoms with Crippen molar-refractivity contribution in [1.29, 1.82) is 0 Å². The molecule has 1 rings (SSSR count). The summed E-state index contributed by atoms with van der Waals surface area (Å²) in [7, 11) is 1.67. The van der Waals surface area contributed by atoms with Crippen molar-refractivity contribution in [3.63, 3.8) is 0 Å². The van der Waals surface area contributed by atoms with Gasteiger partial charge in [0.1, 0.15) is 0 Å². The Hall–Kier alpha value is -0.750. The third-order valence-electron chi connectivity index (χ3n) is 2.91. The van der Waals surface area contributed by atoms with E-state index in [1.807, 2.05) is 0 Å². The molecular formula is C15H27F2N3S. The summed E-state index contributed by atoms with van der Waals surface area (Å²) >= 11 is 1.50. The van der Waals surface area contributed by atoms with Crippen LogP contribution in [-0.2, 0) is 12.0 Å². The quantitative estimate of drug-likeness (QED) is 0.888. The van der Waals surface area contributed by atoms with Crippen LogP contribution in [0.5, 0.6) is 0 Å². The van der Waals surface area contributed by atoms with E-state index in [1.165, 1.54) is 16.2 Å². The van der Waals surface area contributed by atoms with Crippen molar-refractivity contribution in [2.45, 2.75) is 65.5 Å². The summed E-state index contributed by atoms with van der Waals surface area (Å²) in [6.07, 6.45) is -2.35. The third kappa shape index (κ3) is 5.87. The summed E-state index contributed by atoms with van der Waals surface area (Å²) in [6, 6.07) is 0. The first kappa shape index (κ1) is 18.3. The average molecular weight is 319 g/mol. The molecule has 0 amide bonds. The molecule has 6 heteroatoms. The van der Waals surface area contributed by atoms with Crippen LogP contribution in [0.4, 0.5) is 13.9 Å². The van der Waals surface area contributed by atoms with Gasteiger partial charge in [-0.15, -0.1) is 11.3 Å². The van der Waals surface area contributed by atoms with Crippen LogP contribution in [0.25, 0.3) is 0 Å². The van der Waals surface area contributed by atoms with Crippen molar-refractivity contribution in [3.8, 4) is 0 Å². The number of alkyl halides is 2. The Balaban J connectivity index is 3.02. The van der Waals surface area contributed by atoms with Gasteiger partial charge < -0.3 is 10.2 Å². The molecule has 0 radical (unpaired) electrons. The van der Waals surface area contributed by atoms with Gasteiger partial charge >= 0.3 is 0 Å². The van der Waals surface area contributed by atoms with Gasteiger partial charge in [-0.1, -0.05) is 20.8 Å². The fourth-order valence-electron chi connectivity index (χ4n) is 1.84. The summed E-state index contributed by atoms with van der Waals surface area (Å²) in [4.78, 5) is 7.26. The first-order valence-electron chi connectivity index (χ1n) is 7.14.